The molecule has 0 aliphatic carbocycles. The number of hydrogen-bond acceptors (Lipinski definition) is 2. The van der Waals surface area contributed by atoms with Crippen molar-refractivity contribution in [2.75, 3.05) is 0 Å². The van der Waals surface area contributed by atoms with Crippen LogP contribution in [0.4, 0.5) is 0 Å². The van der Waals surface area contributed by atoms with E-state index in [9.17, 15) is 9.59 Å². The maximum absolute atomic E-state index is 13.7. The summed E-state index contributed by atoms with van der Waals surface area (Å²) in [6.45, 7) is 0. The second kappa shape index (κ2) is 6.50. The lowest BCUT2D eigenvalue weighted by Crippen LogP contribution is -2.06. The van der Waals surface area contributed by atoms with E-state index in [1.54, 1.807) is 6.07 Å². The van der Waals surface area contributed by atoms with Crippen molar-refractivity contribution in [3.05, 3.63) is 102 Å². The number of benzene rings is 8. The molecule has 0 unspecified atom stereocenters. The average molecular weight is 554 g/mol. The van der Waals surface area contributed by atoms with Crippen LogP contribution in [0.25, 0.3) is 75.4 Å². The first-order valence-corrected chi connectivity index (χ1v) is 12.6. The molecule has 8 aromatic carbocycles. The van der Waals surface area contributed by atoms with Gasteiger partial charge in [-0.05, 0) is 101 Å². The summed E-state index contributed by atoms with van der Waals surface area (Å²) >= 11 is 16.2. The molecule has 0 saturated heterocycles. The van der Waals surface area contributed by atoms with Gasteiger partial charge in [0.1, 0.15) is 0 Å². The van der Waals surface area contributed by atoms with Gasteiger partial charge in [-0.15, -0.1) is 0 Å². The number of rotatable bonds is 0. The second-order valence-electron chi connectivity index (χ2n) is 9.15. The monoisotopic (exact) mass is 552 g/mol. The molecule has 0 atom stereocenters. The fourth-order valence-electron chi connectivity index (χ4n) is 6.05. The molecule has 8 rings (SSSR count). The van der Waals surface area contributed by atoms with Crippen molar-refractivity contribution in [1.29, 1.82) is 0 Å². The molecule has 5 heteroatoms. The summed E-state index contributed by atoms with van der Waals surface area (Å²) in [7, 11) is 0. The number of fused-ring (bicyclic) bond motifs is 4. The van der Waals surface area contributed by atoms with E-state index in [-0.39, 0.29) is 10.9 Å². The predicted octanol–water partition coefficient (Wildman–Crippen LogP) is 8.86. The van der Waals surface area contributed by atoms with Gasteiger partial charge in [-0.2, -0.15) is 0 Å². The summed E-state index contributed by atoms with van der Waals surface area (Å²) < 4.78 is 0.616. The Morgan fingerprint density at radius 1 is 0.486 bits per heavy atom. The van der Waals surface area contributed by atoms with E-state index in [2.05, 4.69) is 28.1 Å². The smallest absolute Gasteiger partial charge is 0.195 e. The molecule has 0 heterocycles. The van der Waals surface area contributed by atoms with E-state index in [0.717, 1.165) is 53.9 Å². The van der Waals surface area contributed by atoms with Crippen LogP contribution in [0.3, 0.4) is 0 Å². The zero-order valence-corrected chi connectivity index (χ0v) is 20.9. The lowest BCUT2D eigenvalue weighted by Gasteiger charge is -2.19. The molecule has 0 aliphatic rings. The zero-order chi connectivity index (χ0) is 23.7. The maximum atomic E-state index is 13.7. The van der Waals surface area contributed by atoms with E-state index in [1.807, 2.05) is 48.5 Å². The molecule has 35 heavy (non-hydrogen) atoms. The van der Waals surface area contributed by atoms with Crippen LogP contribution in [0, 0.1) is 0 Å². The van der Waals surface area contributed by atoms with Gasteiger partial charge >= 0.3 is 0 Å². The summed E-state index contributed by atoms with van der Waals surface area (Å²) in [5, 5.41) is 13.3. The van der Waals surface area contributed by atoms with Crippen molar-refractivity contribution in [2.24, 2.45) is 0 Å². The minimum Gasteiger partial charge on any atom is -0.289 e. The summed E-state index contributed by atoms with van der Waals surface area (Å²) in [5.41, 5.74) is -0.0797. The Hall–Kier alpha value is -3.24. The highest BCUT2D eigenvalue weighted by atomic mass is 79.9. The SMILES string of the molecule is O=c1c2cc(Cl)ccc2c2cc3ccc4c(=O)c5c(Br)c(Cl)ccc5c5cc6ccc1c2c6c3c45. The normalized spacial score (nSPS) is 12.7. The van der Waals surface area contributed by atoms with Crippen LogP contribution in [0.15, 0.2) is 80.8 Å². The van der Waals surface area contributed by atoms with Gasteiger partial charge < -0.3 is 0 Å². The first-order valence-electron chi connectivity index (χ1n) is 11.1. The molecular formula is C30H11BrCl2O2. The Kier molecular flexibility index (Phi) is 3.71. The van der Waals surface area contributed by atoms with Crippen LogP contribution in [-0.4, -0.2) is 0 Å². The Balaban J connectivity index is 1.76. The highest BCUT2D eigenvalue weighted by Crippen LogP contribution is 2.46. The molecular weight excluding hydrogens is 543 g/mol. The molecule has 0 N–H and O–H groups in total. The minimum atomic E-state index is -0.0524. The largest absolute Gasteiger partial charge is 0.289 e. The molecule has 0 spiro atoms. The molecule has 0 amide bonds. The van der Waals surface area contributed by atoms with Gasteiger partial charge in [0.25, 0.3) is 0 Å². The van der Waals surface area contributed by atoms with Crippen molar-refractivity contribution >= 4 is 115 Å². The van der Waals surface area contributed by atoms with Crippen molar-refractivity contribution in [1.82, 2.24) is 0 Å². The standard InChI is InChI=1S/C30H11BrCl2O2/c31-28-22(33)8-7-16-20-10-13-1-4-17-25-19(15-6-3-14(32)11-21(15)29(17)34)9-12-2-5-18(30(35)27(16)28)26(20)24(12)23(13)25/h1-11H. The third-order valence-corrected chi connectivity index (χ3v) is 9.08. The topological polar surface area (TPSA) is 34.1 Å². The van der Waals surface area contributed by atoms with Crippen LogP contribution in [-0.2, 0) is 0 Å². The molecule has 2 nitrogen and oxygen atoms in total. The third kappa shape index (κ3) is 2.32. The van der Waals surface area contributed by atoms with Gasteiger partial charge in [0.05, 0.1) is 5.02 Å². The van der Waals surface area contributed by atoms with Crippen molar-refractivity contribution in [3.8, 4) is 0 Å². The molecule has 0 aromatic heterocycles. The van der Waals surface area contributed by atoms with E-state index < -0.39 is 0 Å². The molecule has 8 aromatic rings. The minimum absolute atomic E-state index is 0.0273. The fraction of sp³-hybridized carbons (Fsp3) is 0. The lowest BCUT2D eigenvalue weighted by atomic mass is 9.84. The van der Waals surface area contributed by atoms with Crippen molar-refractivity contribution < 1.29 is 0 Å². The molecule has 164 valence electrons. The molecule has 0 bridgehead atoms. The first kappa shape index (κ1) is 20.0. The number of halogens is 3. The predicted molar refractivity (Wildman–Crippen MR) is 153 cm³/mol. The quantitative estimate of drug-likeness (QED) is 0.139. The molecule has 0 aliphatic heterocycles. The lowest BCUT2D eigenvalue weighted by molar-refractivity contribution is 1.69. The summed E-state index contributed by atoms with van der Waals surface area (Å²) in [5.74, 6) is 0. The Bertz CT molecular complexity index is 2340. The van der Waals surface area contributed by atoms with Crippen LogP contribution >= 0.6 is 39.1 Å². The van der Waals surface area contributed by atoms with Crippen LogP contribution < -0.4 is 10.9 Å². The first-order chi connectivity index (χ1) is 16.9. The summed E-state index contributed by atoms with van der Waals surface area (Å²) in [4.78, 5) is 27.2. The van der Waals surface area contributed by atoms with Crippen LogP contribution in [0.2, 0.25) is 10.0 Å². The average Bonchev–Trinajstić information content (AvgIpc) is 2.86. The molecule has 0 radical (unpaired) electrons. The van der Waals surface area contributed by atoms with Gasteiger partial charge in [0.15, 0.2) is 10.9 Å². The van der Waals surface area contributed by atoms with E-state index in [1.165, 1.54) is 0 Å². The molecule has 0 saturated carbocycles. The zero-order valence-electron chi connectivity index (χ0n) is 17.8. The van der Waals surface area contributed by atoms with Gasteiger partial charge in [0.2, 0.25) is 0 Å². The van der Waals surface area contributed by atoms with Crippen molar-refractivity contribution in [2.45, 2.75) is 0 Å². The Labute approximate surface area is 215 Å². The number of hydrogen-bond donors (Lipinski definition) is 0. The van der Waals surface area contributed by atoms with E-state index in [4.69, 9.17) is 23.2 Å². The summed E-state index contributed by atoms with van der Waals surface area (Å²) in [6.07, 6.45) is 0. The maximum Gasteiger partial charge on any atom is 0.195 e. The van der Waals surface area contributed by atoms with Gasteiger partial charge in [-0.1, -0.05) is 47.5 Å². The third-order valence-electron chi connectivity index (χ3n) is 7.48. The van der Waals surface area contributed by atoms with E-state index in [0.29, 0.717) is 36.1 Å². The Morgan fingerprint density at radius 3 is 1.74 bits per heavy atom. The molecule has 0 fully saturated rings. The van der Waals surface area contributed by atoms with Gasteiger partial charge in [-0.3, -0.25) is 9.59 Å². The van der Waals surface area contributed by atoms with Gasteiger partial charge in [0, 0.05) is 41.8 Å². The van der Waals surface area contributed by atoms with Crippen molar-refractivity contribution in [3.63, 3.8) is 0 Å². The van der Waals surface area contributed by atoms with Gasteiger partial charge in [-0.25, -0.2) is 0 Å². The second-order valence-corrected chi connectivity index (χ2v) is 10.8. The fourth-order valence-corrected chi connectivity index (χ4v) is 6.91. The summed E-state index contributed by atoms with van der Waals surface area (Å²) in [6, 6.07) is 21.4. The highest BCUT2D eigenvalue weighted by molar-refractivity contribution is 9.10. The Morgan fingerprint density at radius 2 is 1.06 bits per heavy atom. The van der Waals surface area contributed by atoms with Crippen LogP contribution in [0.1, 0.15) is 0 Å². The van der Waals surface area contributed by atoms with Crippen LogP contribution in [0.5, 0.6) is 0 Å². The highest BCUT2D eigenvalue weighted by Gasteiger charge is 2.22. The van der Waals surface area contributed by atoms with E-state index >= 15 is 0 Å².